The Hall–Kier alpha value is -0.160. The van der Waals surface area contributed by atoms with E-state index in [4.69, 9.17) is 4.74 Å². The summed E-state index contributed by atoms with van der Waals surface area (Å²) in [6, 6.07) is 0.792. The van der Waals surface area contributed by atoms with Gasteiger partial charge in [0.1, 0.15) is 0 Å². The minimum atomic E-state index is -0.344. The normalized spacial score (nSPS) is 26.7. The molecule has 23 heavy (non-hydrogen) atoms. The third kappa shape index (κ3) is 7.08. The van der Waals surface area contributed by atoms with Gasteiger partial charge in [0.25, 0.3) is 0 Å². The summed E-state index contributed by atoms with van der Waals surface area (Å²) in [6.07, 6.45) is 7.99. The number of piperidine rings is 2. The number of likely N-dealkylation sites (tertiary alicyclic amines) is 2. The quantitative estimate of drug-likeness (QED) is 0.744. The number of nitrogens with zero attached hydrogens (tertiary/aromatic N) is 2. The Labute approximate surface area is 143 Å². The maximum absolute atomic E-state index is 10.0. The van der Waals surface area contributed by atoms with E-state index in [0.717, 1.165) is 31.6 Å². The van der Waals surface area contributed by atoms with Gasteiger partial charge >= 0.3 is 0 Å². The highest BCUT2D eigenvalue weighted by atomic mass is 16.5. The highest BCUT2D eigenvalue weighted by Gasteiger charge is 2.23. The van der Waals surface area contributed by atoms with Crippen LogP contribution in [0.3, 0.4) is 0 Å². The van der Waals surface area contributed by atoms with Crippen molar-refractivity contribution >= 4 is 0 Å². The molecule has 0 saturated carbocycles. The van der Waals surface area contributed by atoms with Crippen molar-refractivity contribution in [2.75, 3.05) is 39.3 Å². The number of rotatable bonds is 8. The molecule has 2 saturated heterocycles. The molecule has 2 rings (SSSR count). The Morgan fingerprint density at radius 1 is 1.09 bits per heavy atom. The summed E-state index contributed by atoms with van der Waals surface area (Å²) in [4.78, 5) is 5.11. The topological polar surface area (TPSA) is 35.9 Å². The molecule has 1 N–H and O–H groups in total. The van der Waals surface area contributed by atoms with Gasteiger partial charge in [-0.05, 0) is 85.0 Å². The lowest BCUT2D eigenvalue weighted by Crippen LogP contribution is -2.42. The molecule has 0 aliphatic carbocycles. The van der Waals surface area contributed by atoms with E-state index in [2.05, 4.69) is 16.7 Å². The van der Waals surface area contributed by atoms with E-state index < -0.39 is 0 Å². The van der Waals surface area contributed by atoms with Gasteiger partial charge < -0.3 is 19.6 Å². The predicted molar refractivity (Wildman–Crippen MR) is 95.8 cm³/mol. The standard InChI is InChI=1S/C19H38N2O2/c1-16(2)23-15-19(22)14-20-11-7-18(8-12-20)9-13-21-10-5-4-6-17(21)3/h16-19,22H,4-15H2,1-3H3. The number of β-amino-alcohol motifs (C(OH)–C–C–N with tert-alkyl or cyclic N) is 1. The van der Waals surface area contributed by atoms with Crippen LogP contribution in [0.1, 0.15) is 59.3 Å². The third-order valence-electron chi connectivity index (χ3n) is 5.56. The maximum Gasteiger partial charge on any atom is 0.0900 e. The Morgan fingerprint density at radius 2 is 1.83 bits per heavy atom. The molecule has 0 spiro atoms. The van der Waals surface area contributed by atoms with E-state index >= 15 is 0 Å². The first-order valence-electron chi connectivity index (χ1n) is 9.80. The van der Waals surface area contributed by atoms with Crippen LogP contribution < -0.4 is 0 Å². The molecule has 2 aliphatic heterocycles. The molecule has 2 aliphatic rings. The number of hydrogen-bond donors (Lipinski definition) is 1. The summed E-state index contributed by atoms with van der Waals surface area (Å²) in [7, 11) is 0. The second-order valence-electron chi connectivity index (χ2n) is 7.95. The van der Waals surface area contributed by atoms with Gasteiger partial charge in [0.2, 0.25) is 0 Å². The lowest BCUT2D eigenvalue weighted by molar-refractivity contribution is -0.0128. The molecular weight excluding hydrogens is 288 g/mol. The molecule has 2 fully saturated rings. The van der Waals surface area contributed by atoms with Crippen LogP contribution in [0.4, 0.5) is 0 Å². The van der Waals surface area contributed by atoms with Crippen LogP contribution >= 0.6 is 0 Å². The molecule has 0 aromatic rings. The molecule has 4 nitrogen and oxygen atoms in total. The second kappa shape index (κ2) is 9.97. The zero-order valence-corrected chi connectivity index (χ0v) is 15.5. The van der Waals surface area contributed by atoms with E-state index in [1.54, 1.807) is 0 Å². The van der Waals surface area contributed by atoms with Crippen molar-refractivity contribution in [1.29, 1.82) is 0 Å². The van der Waals surface area contributed by atoms with Crippen LogP contribution in [-0.4, -0.2) is 72.5 Å². The van der Waals surface area contributed by atoms with Crippen LogP contribution in [0, 0.1) is 5.92 Å². The molecular formula is C19H38N2O2. The van der Waals surface area contributed by atoms with Crippen molar-refractivity contribution in [3.63, 3.8) is 0 Å². The van der Waals surface area contributed by atoms with Gasteiger partial charge in [-0.15, -0.1) is 0 Å². The molecule has 2 unspecified atom stereocenters. The van der Waals surface area contributed by atoms with Crippen LogP contribution in [0.25, 0.3) is 0 Å². The Balaban J connectivity index is 1.58. The van der Waals surface area contributed by atoms with Gasteiger partial charge in [0, 0.05) is 12.6 Å². The molecule has 2 atom stereocenters. The van der Waals surface area contributed by atoms with Crippen molar-refractivity contribution in [2.24, 2.45) is 5.92 Å². The van der Waals surface area contributed by atoms with E-state index in [9.17, 15) is 5.11 Å². The van der Waals surface area contributed by atoms with Crippen molar-refractivity contribution in [1.82, 2.24) is 9.80 Å². The van der Waals surface area contributed by atoms with Crippen LogP contribution in [-0.2, 0) is 4.74 Å². The molecule has 136 valence electrons. The van der Waals surface area contributed by atoms with Crippen molar-refractivity contribution in [3.8, 4) is 0 Å². The van der Waals surface area contributed by atoms with Crippen LogP contribution in [0.15, 0.2) is 0 Å². The number of hydrogen-bond acceptors (Lipinski definition) is 4. The Morgan fingerprint density at radius 3 is 2.48 bits per heavy atom. The second-order valence-corrected chi connectivity index (χ2v) is 7.95. The Bertz CT molecular complexity index is 316. The van der Waals surface area contributed by atoms with Crippen molar-refractivity contribution in [3.05, 3.63) is 0 Å². The van der Waals surface area contributed by atoms with Crippen molar-refractivity contribution in [2.45, 2.75) is 77.5 Å². The molecule has 0 radical (unpaired) electrons. The minimum Gasteiger partial charge on any atom is -0.389 e. The van der Waals surface area contributed by atoms with Gasteiger partial charge in [0.15, 0.2) is 0 Å². The lowest BCUT2D eigenvalue weighted by atomic mass is 9.92. The summed E-state index contributed by atoms with van der Waals surface area (Å²) in [5.74, 6) is 0.879. The van der Waals surface area contributed by atoms with Gasteiger partial charge in [-0.3, -0.25) is 0 Å². The van der Waals surface area contributed by atoms with E-state index in [-0.39, 0.29) is 12.2 Å². The number of aliphatic hydroxyl groups is 1. The van der Waals surface area contributed by atoms with E-state index in [1.165, 1.54) is 51.6 Å². The first kappa shape index (κ1) is 19.2. The average molecular weight is 327 g/mol. The SMILES string of the molecule is CC(C)OCC(O)CN1CCC(CCN2CCCCC2C)CC1. The largest absolute Gasteiger partial charge is 0.389 e. The molecule has 0 bridgehead atoms. The van der Waals surface area contributed by atoms with Gasteiger partial charge in [0.05, 0.1) is 18.8 Å². The highest BCUT2D eigenvalue weighted by molar-refractivity contribution is 4.78. The zero-order chi connectivity index (χ0) is 16.7. The van der Waals surface area contributed by atoms with Gasteiger partial charge in [-0.2, -0.15) is 0 Å². The van der Waals surface area contributed by atoms with Crippen LogP contribution in [0.5, 0.6) is 0 Å². The lowest BCUT2D eigenvalue weighted by Gasteiger charge is -2.37. The molecule has 2 heterocycles. The summed E-state index contributed by atoms with van der Waals surface area (Å²) in [5, 5.41) is 10.0. The fraction of sp³-hybridized carbons (Fsp3) is 1.00. The molecule has 4 heteroatoms. The maximum atomic E-state index is 10.0. The highest BCUT2D eigenvalue weighted by Crippen LogP contribution is 2.23. The Kier molecular flexibility index (Phi) is 8.31. The molecule has 0 amide bonds. The predicted octanol–water partition coefficient (Wildman–Crippen LogP) is 2.75. The number of ether oxygens (including phenoxy) is 1. The fourth-order valence-electron chi connectivity index (χ4n) is 3.95. The van der Waals surface area contributed by atoms with Gasteiger partial charge in [-0.25, -0.2) is 0 Å². The zero-order valence-electron chi connectivity index (χ0n) is 15.5. The van der Waals surface area contributed by atoms with Gasteiger partial charge in [-0.1, -0.05) is 6.42 Å². The summed E-state index contributed by atoms with van der Waals surface area (Å²) in [5.41, 5.74) is 0. The smallest absolute Gasteiger partial charge is 0.0900 e. The van der Waals surface area contributed by atoms with Crippen molar-refractivity contribution < 1.29 is 9.84 Å². The monoisotopic (exact) mass is 326 g/mol. The minimum absolute atomic E-state index is 0.201. The fourth-order valence-corrected chi connectivity index (χ4v) is 3.95. The molecule has 0 aromatic carbocycles. The third-order valence-corrected chi connectivity index (χ3v) is 5.56. The van der Waals surface area contributed by atoms with E-state index in [1.807, 2.05) is 13.8 Å². The van der Waals surface area contributed by atoms with E-state index in [0.29, 0.717) is 6.61 Å². The number of aliphatic hydroxyl groups excluding tert-OH is 1. The summed E-state index contributed by atoms with van der Waals surface area (Å²) < 4.78 is 5.50. The molecule has 0 aromatic heterocycles. The summed E-state index contributed by atoms with van der Waals surface area (Å²) >= 11 is 0. The van der Waals surface area contributed by atoms with Crippen LogP contribution in [0.2, 0.25) is 0 Å². The average Bonchev–Trinajstić information content (AvgIpc) is 2.53. The first-order chi connectivity index (χ1) is 11.0. The summed E-state index contributed by atoms with van der Waals surface area (Å²) in [6.45, 7) is 12.5. The first-order valence-corrected chi connectivity index (χ1v) is 9.80.